The van der Waals surface area contributed by atoms with Crippen molar-refractivity contribution in [3.05, 3.63) is 58.1 Å². The lowest BCUT2D eigenvalue weighted by Crippen LogP contribution is -2.16. The van der Waals surface area contributed by atoms with E-state index in [0.717, 1.165) is 23.5 Å². The Morgan fingerprint density at radius 3 is 2.38 bits per heavy atom. The molecule has 0 fully saturated rings. The molecule has 2 rings (SSSR count). The molecule has 3 nitrogen and oxygen atoms in total. The van der Waals surface area contributed by atoms with Gasteiger partial charge in [0.1, 0.15) is 11.5 Å². The van der Waals surface area contributed by atoms with E-state index in [1.807, 2.05) is 32.0 Å². The van der Waals surface area contributed by atoms with Gasteiger partial charge in [-0.1, -0.05) is 23.7 Å². The van der Waals surface area contributed by atoms with E-state index in [-0.39, 0.29) is 5.92 Å². The van der Waals surface area contributed by atoms with Crippen LogP contribution in [0.5, 0.6) is 11.5 Å². The summed E-state index contributed by atoms with van der Waals surface area (Å²) >= 11 is 6.29. The Balaban J connectivity index is 2.19. The maximum absolute atomic E-state index is 6.29. The molecule has 0 heterocycles. The van der Waals surface area contributed by atoms with E-state index in [9.17, 15) is 0 Å². The Morgan fingerprint density at radius 2 is 1.79 bits per heavy atom. The van der Waals surface area contributed by atoms with Crippen LogP contribution in [0.2, 0.25) is 5.02 Å². The average Bonchev–Trinajstić information content (AvgIpc) is 2.56. The summed E-state index contributed by atoms with van der Waals surface area (Å²) in [6.07, 6.45) is 0.845. The van der Waals surface area contributed by atoms with Gasteiger partial charge in [0.05, 0.1) is 18.2 Å². The first-order chi connectivity index (χ1) is 11.6. The van der Waals surface area contributed by atoms with Crippen molar-refractivity contribution >= 4 is 11.6 Å². The largest absolute Gasteiger partial charge is 0.494 e. The van der Waals surface area contributed by atoms with Crippen LogP contribution in [-0.2, 0) is 6.42 Å². The molecule has 0 spiro atoms. The first kappa shape index (κ1) is 18.6. The van der Waals surface area contributed by atoms with E-state index < -0.39 is 0 Å². The molecule has 130 valence electrons. The van der Waals surface area contributed by atoms with Crippen LogP contribution in [0.25, 0.3) is 0 Å². The number of halogens is 1. The number of benzene rings is 2. The molecule has 4 heteroatoms. The molecule has 2 N–H and O–H groups in total. The first-order valence-corrected chi connectivity index (χ1v) is 8.81. The van der Waals surface area contributed by atoms with Gasteiger partial charge in [0.2, 0.25) is 0 Å². The normalized spacial score (nSPS) is 12.0. The monoisotopic (exact) mass is 347 g/mol. The fourth-order valence-electron chi connectivity index (χ4n) is 2.91. The minimum atomic E-state index is 0.245. The number of aryl methyl sites for hydroxylation is 1. The highest BCUT2D eigenvalue weighted by atomic mass is 35.5. The summed E-state index contributed by atoms with van der Waals surface area (Å²) in [7, 11) is 0. The zero-order valence-corrected chi connectivity index (χ0v) is 15.4. The van der Waals surface area contributed by atoms with Crippen molar-refractivity contribution in [2.75, 3.05) is 19.8 Å². The molecular weight excluding hydrogens is 322 g/mol. The van der Waals surface area contributed by atoms with Crippen LogP contribution in [0.1, 0.15) is 36.5 Å². The van der Waals surface area contributed by atoms with Gasteiger partial charge in [0.25, 0.3) is 0 Å². The van der Waals surface area contributed by atoms with E-state index in [1.54, 1.807) is 0 Å². The van der Waals surface area contributed by atoms with Crippen molar-refractivity contribution in [3.8, 4) is 11.5 Å². The lowest BCUT2D eigenvalue weighted by atomic mass is 9.89. The van der Waals surface area contributed by atoms with Crippen LogP contribution < -0.4 is 15.2 Å². The molecule has 0 radical (unpaired) electrons. The second kappa shape index (κ2) is 8.95. The second-order valence-electron chi connectivity index (χ2n) is 5.79. The predicted octanol–water partition coefficient (Wildman–Crippen LogP) is 4.73. The minimum Gasteiger partial charge on any atom is -0.494 e. The quantitative estimate of drug-likeness (QED) is 0.750. The minimum absolute atomic E-state index is 0.245. The molecule has 0 saturated carbocycles. The van der Waals surface area contributed by atoms with Crippen molar-refractivity contribution in [2.24, 2.45) is 5.73 Å². The third-order valence-corrected chi connectivity index (χ3v) is 4.35. The number of hydrogen-bond donors (Lipinski definition) is 1. The SMILES string of the molecule is CCOc1ccc(C(CN)Cc2ccc(OCC)c(Cl)c2)c(C)c1. The van der Waals surface area contributed by atoms with Gasteiger partial charge >= 0.3 is 0 Å². The van der Waals surface area contributed by atoms with Gasteiger partial charge in [-0.25, -0.2) is 0 Å². The number of ether oxygens (including phenoxy) is 2. The molecule has 2 aromatic rings. The van der Waals surface area contributed by atoms with Gasteiger partial charge < -0.3 is 15.2 Å². The summed E-state index contributed by atoms with van der Waals surface area (Å²) in [4.78, 5) is 0. The highest BCUT2D eigenvalue weighted by Crippen LogP contribution is 2.30. The topological polar surface area (TPSA) is 44.5 Å². The number of hydrogen-bond acceptors (Lipinski definition) is 3. The molecule has 0 aliphatic heterocycles. The molecule has 0 saturated heterocycles. The van der Waals surface area contributed by atoms with E-state index in [1.165, 1.54) is 11.1 Å². The average molecular weight is 348 g/mol. The van der Waals surface area contributed by atoms with Crippen LogP contribution in [0.15, 0.2) is 36.4 Å². The molecule has 0 amide bonds. The zero-order chi connectivity index (χ0) is 17.5. The summed E-state index contributed by atoms with van der Waals surface area (Å²) in [6, 6.07) is 12.2. The summed E-state index contributed by atoms with van der Waals surface area (Å²) in [5, 5.41) is 0.647. The number of nitrogens with two attached hydrogens (primary N) is 1. The molecule has 1 unspecified atom stereocenters. The van der Waals surface area contributed by atoms with Crippen molar-refractivity contribution in [1.82, 2.24) is 0 Å². The van der Waals surface area contributed by atoms with Crippen LogP contribution >= 0.6 is 11.6 Å². The van der Waals surface area contributed by atoms with E-state index >= 15 is 0 Å². The second-order valence-corrected chi connectivity index (χ2v) is 6.19. The Hall–Kier alpha value is -1.71. The molecular formula is C20H26ClNO2. The van der Waals surface area contributed by atoms with Gasteiger partial charge in [-0.2, -0.15) is 0 Å². The lowest BCUT2D eigenvalue weighted by Gasteiger charge is -2.19. The Kier molecular flexibility index (Phi) is 6.95. The van der Waals surface area contributed by atoms with Crippen LogP contribution in [0.3, 0.4) is 0 Å². The molecule has 24 heavy (non-hydrogen) atoms. The third-order valence-electron chi connectivity index (χ3n) is 4.05. The van der Waals surface area contributed by atoms with Crippen molar-refractivity contribution < 1.29 is 9.47 Å². The predicted molar refractivity (Wildman–Crippen MR) is 100 cm³/mol. The first-order valence-electron chi connectivity index (χ1n) is 8.43. The Morgan fingerprint density at radius 1 is 1.04 bits per heavy atom. The fourth-order valence-corrected chi connectivity index (χ4v) is 3.17. The van der Waals surface area contributed by atoms with Gasteiger partial charge in [-0.15, -0.1) is 0 Å². The van der Waals surface area contributed by atoms with Crippen molar-refractivity contribution in [2.45, 2.75) is 33.1 Å². The van der Waals surface area contributed by atoms with Crippen LogP contribution in [-0.4, -0.2) is 19.8 Å². The molecule has 0 aromatic heterocycles. The van der Waals surface area contributed by atoms with Gasteiger partial charge in [-0.3, -0.25) is 0 Å². The zero-order valence-electron chi connectivity index (χ0n) is 14.6. The Labute approximate surface area is 149 Å². The highest BCUT2D eigenvalue weighted by Gasteiger charge is 2.15. The Bertz CT molecular complexity index is 673. The van der Waals surface area contributed by atoms with E-state index in [2.05, 4.69) is 25.1 Å². The maximum Gasteiger partial charge on any atom is 0.137 e. The van der Waals surface area contributed by atoms with Crippen LogP contribution in [0.4, 0.5) is 0 Å². The molecule has 1 atom stereocenters. The highest BCUT2D eigenvalue weighted by molar-refractivity contribution is 6.32. The summed E-state index contributed by atoms with van der Waals surface area (Å²) in [5.74, 6) is 1.87. The van der Waals surface area contributed by atoms with E-state index in [4.69, 9.17) is 26.8 Å². The lowest BCUT2D eigenvalue weighted by molar-refractivity contribution is 0.339. The molecule has 0 aliphatic carbocycles. The van der Waals surface area contributed by atoms with Crippen molar-refractivity contribution in [1.29, 1.82) is 0 Å². The van der Waals surface area contributed by atoms with Gasteiger partial charge in [-0.05, 0) is 74.7 Å². The maximum atomic E-state index is 6.29. The van der Waals surface area contributed by atoms with E-state index in [0.29, 0.717) is 24.8 Å². The fraction of sp³-hybridized carbons (Fsp3) is 0.400. The van der Waals surface area contributed by atoms with Gasteiger partial charge in [0, 0.05) is 5.92 Å². The van der Waals surface area contributed by atoms with Crippen molar-refractivity contribution in [3.63, 3.8) is 0 Å². The molecule has 2 aromatic carbocycles. The van der Waals surface area contributed by atoms with Crippen LogP contribution in [0, 0.1) is 6.92 Å². The smallest absolute Gasteiger partial charge is 0.137 e. The van der Waals surface area contributed by atoms with Gasteiger partial charge in [0.15, 0.2) is 0 Å². The molecule has 0 bridgehead atoms. The third kappa shape index (κ3) is 4.65. The number of rotatable bonds is 8. The summed E-state index contributed by atoms with van der Waals surface area (Å²) in [6.45, 7) is 7.90. The standard InChI is InChI=1S/C20H26ClNO2/c1-4-23-17-7-8-18(14(3)10-17)16(13-22)11-15-6-9-20(24-5-2)19(21)12-15/h6-10,12,16H,4-5,11,13,22H2,1-3H3. The summed E-state index contributed by atoms with van der Waals surface area (Å²) in [5.41, 5.74) is 9.66. The summed E-state index contributed by atoms with van der Waals surface area (Å²) < 4.78 is 11.1. The molecule has 0 aliphatic rings.